The molecule has 0 saturated heterocycles. The van der Waals surface area contributed by atoms with Gasteiger partial charge < -0.3 is 14.8 Å². The first kappa shape index (κ1) is 17.3. The van der Waals surface area contributed by atoms with Gasteiger partial charge in [-0.05, 0) is 41.3 Å². The molecular formula is C20H22FNO3. The van der Waals surface area contributed by atoms with Crippen molar-refractivity contribution in [2.45, 2.75) is 26.3 Å². The van der Waals surface area contributed by atoms with Crippen LogP contribution in [0.15, 0.2) is 42.5 Å². The Bertz CT molecular complexity index is 743. The molecule has 132 valence electrons. The summed E-state index contributed by atoms with van der Waals surface area (Å²) in [6.45, 7) is 5.19. The molecule has 1 N–H and O–H groups in total. The molecule has 0 aliphatic carbocycles. The Morgan fingerprint density at radius 2 is 1.76 bits per heavy atom. The molecule has 1 heterocycles. The number of carbonyl (C=O) groups excluding carboxylic acids is 1. The van der Waals surface area contributed by atoms with Crippen molar-refractivity contribution in [3.63, 3.8) is 0 Å². The second kappa shape index (κ2) is 7.55. The van der Waals surface area contributed by atoms with Gasteiger partial charge in [-0.2, -0.15) is 0 Å². The minimum atomic E-state index is -0.305. The monoisotopic (exact) mass is 343 g/mol. The quantitative estimate of drug-likeness (QED) is 0.901. The Balaban J connectivity index is 1.72. The van der Waals surface area contributed by atoms with Crippen LogP contribution in [0.5, 0.6) is 11.5 Å². The lowest BCUT2D eigenvalue weighted by Gasteiger charge is -2.25. The topological polar surface area (TPSA) is 47.6 Å². The summed E-state index contributed by atoms with van der Waals surface area (Å²) >= 11 is 0. The van der Waals surface area contributed by atoms with Crippen LogP contribution in [0.1, 0.15) is 31.0 Å². The number of ether oxygens (including phenoxy) is 2. The molecule has 0 aromatic heterocycles. The van der Waals surface area contributed by atoms with Crippen LogP contribution in [-0.2, 0) is 11.2 Å². The molecule has 2 aromatic carbocycles. The maximum absolute atomic E-state index is 13.0. The summed E-state index contributed by atoms with van der Waals surface area (Å²) in [6.07, 6.45) is 0.216. The van der Waals surface area contributed by atoms with Crippen LogP contribution in [0.25, 0.3) is 0 Å². The van der Waals surface area contributed by atoms with Gasteiger partial charge in [0.05, 0.1) is 12.5 Å². The van der Waals surface area contributed by atoms with Crippen LogP contribution in [0.3, 0.4) is 0 Å². The van der Waals surface area contributed by atoms with Gasteiger partial charge in [0.2, 0.25) is 5.91 Å². The zero-order valence-corrected chi connectivity index (χ0v) is 14.4. The SMILES string of the molecule is CC(C)[C@H](NC(=O)Cc1ccc(F)cc1)c1ccc2c(c1)OCCO2. The molecule has 1 atom stereocenters. The van der Waals surface area contributed by atoms with Crippen LogP contribution in [0, 0.1) is 11.7 Å². The smallest absolute Gasteiger partial charge is 0.224 e. The van der Waals surface area contributed by atoms with Crippen molar-refractivity contribution in [3.8, 4) is 11.5 Å². The summed E-state index contributed by atoms with van der Waals surface area (Å²) in [6, 6.07) is 11.6. The van der Waals surface area contributed by atoms with E-state index in [9.17, 15) is 9.18 Å². The summed E-state index contributed by atoms with van der Waals surface area (Å²) < 4.78 is 24.2. The number of carbonyl (C=O) groups is 1. The molecule has 1 aliphatic rings. The van der Waals surface area contributed by atoms with Gasteiger partial charge in [-0.3, -0.25) is 4.79 Å². The maximum Gasteiger partial charge on any atom is 0.224 e. The van der Waals surface area contributed by atoms with Crippen molar-refractivity contribution in [3.05, 3.63) is 59.4 Å². The molecule has 0 bridgehead atoms. The number of hydrogen-bond acceptors (Lipinski definition) is 3. The van der Waals surface area contributed by atoms with E-state index in [4.69, 9.17) is 9.47 Å². The fraction of sp³-hybridized carbons (Fsp3) is 0.350. The largest absolute Gasteiger partial charge is 0.486 e. The normalized spacial score (nSPS) is 14.2. The fourth-order valence-corrected chi connectivity index (χ4v) is 2.90. The molecule has 0 fully saturated rings. The lowest BCUT2D eigenvalue weighted by molar-refractivity contribution is -0.121. The van der Waals surface area contributed by atoms with E-state index in [2.05, 4.69) is 19.2 Å². The third kappa shape index (κ3) is 4.29. The van der Waals surface area contributed by atoms with Crippen molar-refractivity contribution in [2.75, 3.05) is 13.2 Å². The van der Waals surface area contributed by atoms with Gasteiger partial charge in [0.1, 0.15) is 19.0 Å². The molecular weight excluding hydrogens is 321 g/mol. The van der Waals surface area contributed by atoms with E-state index in [0.29, 0.717) is 19.0 Å². The van der Waals surface area contributed by atoms with Gasteiger partial charge in [0.15, 0.2) is 11.5 Å². The highest BCUT2D eigenvalue weighted by Gasteiger charge is 2.21. The van der Waals surface area contributed by atoms with Gasteiger partial charge in [-0.1, -0.05) is 32.0 Å². The highest BCUT2D eigenvalue weighted by atomic mass is 19.1. The third-order valence-electron chi connectivity index (χ3n) is 4.19. The minimum Gasteiger partial charge on any atom is -0.486 e. The minimum absolute atomic E-state index is 0.0970. The molecule has 1 aliphatic heterocycles. The zero-order chi connectivity index (χ0) is 17.8. The molecule has 5 heteroatoms. The van der Waals surface area contributed by atoms with Gasteiger partial charge in [0, 0.05) is 0 Å². The van der Waals surface area contributed by atoms with Gasteiger partial charge in [0.25, 0.3) is 0 Å². The van der Waals surface area contributed by atoms with E-state index in [1.165, 1.54) is 12.1 Å². The van der Waals surface area contributed by atoms with Crippen molar-refractivity contribution in [1.29, 1.82) is 0 Å². The first-order valence-corrected chi connectivity index (χ1v) is 8.46. The molecule has 25 heavy (non-hydrogen) atoms. The van der Waals surface area contributed by atoms with E-state index in [1.807, 2.05) is 18.2 Å². The molecule has 0 unspecified atom stereocenters. The number of hydrogen-bond donors (Lipinski definition) is 1. The predicted molar refractivity (Wildman–Crippen MR) is 93.3 cm³/mol. The number of rotatable bonds is 5. The molecule has 0 saturated carbocycles. The number of halogens is 1. The zero-order valence-electron chi connectivity index (χ0n) is 14.4. The second-order valence-electron chi connectivity index (χ2n) is 6.50. The molecule has 2 aromatic rings. The highest BCUT2D eigenvalue weighted by molar-refractivity contribution is 5.79. The van der Waals surface area contributed by atoms with Gasteiger partial charge in [-0.25, -0.2) is 4.39 Å². The van der Waals surface area contributed by atoms with Crippen molar-refractivity contribution >= 4 is 5.91 Å². The number of benzene rings is 2. The second-order valence-corrected chi connectivity index (χ2v) is 6.50. The Morgan fingerprint density at radius 3 is 2.44 bits per heavy atom. The Hall–Kier alpha value is -2.56. The molecule has 3 rings (SSSR count). The van der Waals surface area contributed by atoms with Crippen LogP contribution < -0.4 is 14.8 Å². The lowest BCUT2D eigenvalue weighted by Crippen LogP contribution is -2.33. The summed E-state index contributed by atoms with van der Waals surface area (Å²) in [7, 11) is 0. The molecule has 4 nitrogen and oxygen atoms in total. The van der Waals surface area contributed by atoms with Gasteiger partial charge >= 0.3 is 0 Å². The maximum atomic E-state index is 13.0. The van der Waals surface area contributed by atoms with E-state index >= 15 is 0 Å². The Morgan fingerprint density at radius 1 is 1.08 bits per heavy atom. The average molecular weight is 343 g/mol. The van der Waals surface area contributed by atoms with Crippen LogP contribution in [-0.4, -0.2) is 19.1 Å². The molecule has 0 radical (unpaired) electrons. The van der Waals surface area contributed by atoms with E-state index in [-0.39, 0.29) is 30.1 Å². The summed E-state index contributed by atoms with van der Waals surface area (Å²) in [5.74, 6) is 1.25. The highest BCUT2D eigenvalue weighted by Crippen LogP contribution is 2.34. The summed E-state index contributed by atoms with van der Waals surface area (Å²) in [5.41, 5.74) is 1.76. The molecule has 1 amide bonds. The van der Waals surface area contributed by atoms with E-state index < -0.39 is 0 Å². The fourth-order valence-electron chi connectivity index (χ4n) is 2.90. The van der Waals surface area contributed by atoms with E-state index in [0.717, 1.165) is 16.9 Å². The Kier molecular flexibility index (Phi) is 5.22. The number of nitrogens with one attached hydrogen (secondary N) is 1. The summed E-state index contributed by atoms with van der Waals surface area (Å²) in [5, 5.41) is 3.07. The van der Waals surface area contributed by atoms with Crippen molar-refractivity contribution in [1.82, 2.24) is 5.32 Å². The Labute approximate surface area is 147 Å². The predicted octanol–water partition coefficient (Wildman–Crippen LogP) is 3.65. The number of fused-ring (bicyclic) bond motifs is 1. The van der Waals surface area contributed by atoms with Crippen LogP contribution in [0.2, 0.25) is 0 Å². The average Bonchev–Trinajstić information content (AvgIpc) is 2.61. The van der Waals surface area contributed by atoms with Crippen molar-refractivity contribution < 1.29 is 18.7 Å². The molecule has 0 spiro atoms. The van der Waals surface area contributed by atoms with Gasteiger partial charge in [-0.15, -0.1) is 0 Å². The van der Waals surface area contributed by atoms with Crippen LogP contribution in [0.4, 0.5) is 4.39 Å². The summed E-state index contributed by atoms with van der Waals surface area (Å²) in [4.78, 5) is 12.4. The number of amides is 1. The standard InChI is InChI=1S/C20H22FNO3/c1-13(2)20(15-5-8-17-18(12-15)25-10-9-24-17)22-19(23)11-14-3-6-16(21)7-4-14/h3-8,12-13,20H,9-11H2,1-2H3,(H,22,23)/t20-/m0/s1. The third-order valence-corrected chi connectivity index (χ3v) is 4.19. The van der Waals surface area contributed by atoms with E-state index in [1.54, 1.807) is 12.1 Å². The lowest BCUT2D eigenvalue weighted by atomic mass is 9.95. The van der Waals surface area contributed by atoms with Crippen LogP contribution >= 0.6 is 0 Å². The first-order valence-electron chi connectivity index (χ1n) is 8.46. The first-order chi connectivity index (χ1) is 12.0. The van der Waals surface area contributed by atoms with Crippen molar-refractivity contribution in [2.24, 2.45) is 5.92 Å².